The van der Waals surface area contributed by atoms with Crippen LogP contribution >= 0.6 is 0 Å². The molecule has 1 aromatic heterocycles. The molecule has 0 saturated heterocycles. The van der Waals surface area contributed by atoms with Crippen LogP contribution < -0.4 is 10.6 Å². The van der Waals surface area contributed by atoms with E-state index < -0.39 is 0 Å². The van der Waals surface area contributed by atoms with Crippen molar-refractivity contribution in [2.24, 2.45) is 23.7 Å². The molecule has 3 aliphatic rings. The molecule has 3 saturated carbocycles. The second-order valence-electron chi connectivity index (χ2n) is 6.37. The van der Waals surface area contributed by atoms with Crippen LogP contribution in [0.2, 0.25) is 0 Å². The molecule has 0 radical (unpaired) electrons. The molecule has 4 atom stereocenters. The monoisotopic (exact) mass is 258 g/mol. The Morgan fingerprint density at radius 2 is 1.89 bits per heavy atom. The highest BCUT2D eigenvalue weighted by molar-refractivity contribution is 5.48. The Hall–Kier alpha value is -1.32. The highest BCUT2D eigenvalue weighted by Gasteiger charge is 2.65. The number of nitrogens with zero attached hydrogens (tertiary/aromatic N) is 2. The maximum atomic E-state index is 4.36. The van der Waals surface area contributed by atoms with Crippen LogP contribution in [0.4, 0.5) is 11.6 Å². The van der Waals surface area contributed by atoms with Gasteiger partial charge in [0, 0.05) is 18.7 Å². The van der Waals surface area contributed by atoms with E-state index in [0.29, 0.717) is 6.04 Å². The molecule has 0 aliphatic heterocycles. The van der Waals surface area contributed by atoms with E-state index in [1.54, 1.807) is 6.33 Å². The second kappa shape index (κ2) is 4.36. The highest BCUT2D eigenvalue weighted by Crippen LogP contribution is 2.66. The van der Waals surface area contributed by atoms with Crippen LogP contribution in [0.1, 0.15) is 32.6 Å². The SMILES string of the molecule is CCCNc1cc(NC2C3C4CCC(C4)C23)ncn1. The molecule has 3 aliphatic carbocycles. The fourth-order valence-electron chi connectivity index (χ4n) is 4.48. The number of hydrogen-bond donors (Lipinski definition) is 2. The molecule has 0 amide bonds. The average Bonchev–Trinajstić information content (AvgIpc) is 2.84. The van der Waals surface area contributed by atoms with Gasteiger partial charge in [0.1, 0.15) is 18.0 Å². The van der Waals surface area contributed by atoms with E-state index in [0.717, 1.165) is 48.3 Å². The Morgan fingerprint density at radius 3 is 2.63 bits per heavy atom. The van der Waals surface area contributed by atoms with Gasteiger partial charge in [-0.2, -0.15) is 0 Å². The maximum absolute atomic E-state index is 4.36. The van der Waals surface area contributed by atoms with Crippen LogP contribution in [0.15, 0.2) is 12.4 Å². The first kappa shape index (κ1) is 11.5. The second-order valence-corrected chi connectivity index (χ2v) is 6.37. The first-order chi connectivity index (χ1) is 9.36. The zero-order valence-electron chi connectivity index (χ0n) is 11.5. The fraction of sp³-hybridized carbons (Fsp3) is 0.733. The van der Waals surface area contributed by atoms with Crippen LogP contribution in [-0.2, 0) is 0 Å². The summed E-state index contributed by atoms with van der Waals surface area (Å²) in [5, 5.41) is 6.96. The summed E-state index contributed by atoms with van der Waals surface area (Å²) in [7, 11) is 0. The summed E-state index contributed by atoms with van der Waals surface area (Å²) < 4.78 is 0. The smallest absolute Gasteiger partial charge is 0.131 e. The zero-order chi connectivity index (χ0) is 12.8. The molecule has 19 heavy (non-hydrogen) atoms. The summed E-state index contributed by atoms with van der Waals surface area (Å²) >= 11 is 0. The number of rotatable bonds is 5. The van der Waals surface area contributed by atoms with Crippen molar-refractivity contribution in [3.63, 3.8) is 0 Å². The van der Waals surface area contributed by atoms with Crippen LogP contribution in [-0.4, -0.2) is 22.6 Å². The van der Waals surface area contributed by atoms with Gasteiger partial charge in [-0.1, -0.05) is 6.92 Å². The predicted octanol–water partition coefficient (Wildman–Crippen LogP) is 2.75. The number of hydrogen-bond acceptors (Lipinski definition) is 4. The third-order valence-corrected chi connectivity index (χ3v) is 5.27. The number of anilines is 2. The summed E-state index contributed by atoms with van der Waals surface area (Å²) in [6.07, 6.45) is 7.21. The lowest BCUT2D eigenvalue weighted by atomic mass is 10.0. The van der Waals surface area contributed by atoms with Crippen LogP contribution in [0.3, 0.4) is 0 Å². The topological polar surface area (TPSA) is 49.8 Å². The van der Waals surface area contributed by atoms with Gasteiger partial charge in [-0.05, 0) is 49.4 Å². The van der Waals surface area contributed by atoms with Crippen molar-refractivity contribution in [1.82, 2.24) is 9.97 Å². The number of fused-ring (bicyclic) bond motifs is 5. The Morgan fingerprint density at radius 1 is 1.16 bits per heavy atom. The lowest BCUT2D eigenvalue weighted by molar-refractivity contribution is 0.456. The van der Waals surface area contributed by atoms with Gasteiger partial charge in [-0.25, -0.2) is 9.97 Å². The predicted molar refractivity (Wildman–Crippen MR) is 76.0 cm³/mol. The molecule has 2 bridgehead atoms. The van der Waals surface area contributed by atoms with Gasteiger partial charge in [-0.15, -0.1) is 0 Å². The van der Waals surface area contributed by atoms with Crippen molar-refractivity contribution < 1.29 is 0 Å². The molecule has 3 fully saturated rings. The molecule has 102 valence electrons. The van der Waals surface area contributed by atoms with E-state index >= 15 is 0 Å². The average molecular weight is 258 g/mol. The van der Waals surface area contributed by atoms with Crippen molar-refractivity contribution in [1.29, 1.82) is 0 Å². The van der Waals surface area contributed by atoms with E-state index in [1.165, 1.54) is 19.3 Å². The van der Waals surface area contributed by atoms with Crippen LogP contribution in [0, 0.1) is 23.7 Å². The zero-order valence-corrected chi connectivity index (χ0v) is 11.5. The Kier molecular flexibility index (Phi) is 2.64. The maximum Gasteiger partial charge on any atom is 0.131 e. The van der Waals surface area contributed by atoms with Crippen molar-refractivity contribution >= 4 is 11.6 Å². The van der Waals surface area contributed by atoms with Crippen molar-refractivity contribution in [3.8, 4) is 0 Å². The van der Waals surface area contributed by atoms with Gasteiger partial charge >= 0.3 is 0 Å². The molecule has 1 heterocycles. The molecule has 2 N–H and O–H groups in total. The van der Waals surface area contributed by atoms with Gasteiger partial charge in [0.05, 0.1) is 0 Å². The van der Waals surface area contributed by atoms with Gasteiger partial charge in [0.2, 0.25) is 0 Å². The van der Waals surface area contributed by atoms with Gasteiger partial charge in [0.25, 0.3) is 0 Å². The summed E-state index contributed by atoms with van der Waals surface area (Å²) in [6, 6.07) is 2.74. The quantitative estimate of drug-likeness (QED) is 0.852. The third-order valence-electron chi connectivity index (χ3n) is 5.27. The summed E-state index contributed by atoms with van der Waals surface area (Å²) in [6.45, 7) is 3.13. The van der Waals surface area contributed by atoms with Crippen LogP contribution in [0.5, 0.6) is 0 Å². The van der Waals surface area contributed by atoms with E-state index in [1.807, 2.05) is 6.07 Å². The van der Waals surface area contributed by atoms with Crippen molar-refractivity contribution in [2.45, 2.75) is 38.6 Å². The Balaban J connectivity index is 1.41. The molecule has 4 nitrogen and oxygen atoms in total. The van der Waals surface area contributed by atoms with Gasteiger partial charge in [0.15, 0.2) is 0 Å². The van der Waals surface area contributed by atoms with E-state index in [9.17, 15) is 0 Å². The van der Waals surface area contributed by atoms with Crippen molar-refractivity contribution in [3.05, 3.63) is 12.4 Å². The Bertz CT molecular complexity index is 459. The Labute approximate surface area is 114 Å². The number of nitrogens with one attached hydrogen (secondary N) is 2. The van der Waals surface area contributed by atoms with Gasteiger partial charge < -0.3 is 10.6 Å². The summed E-state index contributed by atoms with van der Waals surface area (Å²) in [4.78, 5) is 8.62. The lowest BCUT2D eigenvalue weighted by Gasteiger charge is -2.12. The third kappa shape index (κ3) is 1.88. The molecule has 4 rings (SSSR count). The van der Waals surface area contributed by atoms with E-state index in [-0.39, 0.29) is 0 Å². The summed E-state index contributed by atoms with van der Waals surface area (Å²) in [5.41, 5.74) is 0. The standard InChI is InChI=1S/C15H22N4/c1-2-5-16-11-7-12(18-8-17-11)19-15-13-9-3-4-10(6-9)14(13)15/h7-10,13-15H,2-6H2,1H3,(H2,16,17,18,19). The van der Waals surface area contributed by atoms with E-state index in [4.69, 9.17) is 0 Å². The molecule has 0 aromatic carbocycles. The minimum absolute atomic E-state index is 0.695. The first-order valence-corrected chi connectivity index (χ1v) is 7.69. The van der Waals surface area contributed by atoms with E-state index in [2.05, 4.69) is 27.5 Å². The molecular weight excluding hydrogens is 236 g/mol. The van der Waals surface area contributed by atoms with Crippen molar-refractivity contribution in [2.75, 3.05) is 17.2 Å². The fourth-order valence-corrected chi connectivity index (χ4v) is 4.48. The minimum atomic E-state index is 0.695. The molecule has 1 aromatic rings. The molecular formula is C15H22N4. The summed E-state index contributed by atoms with van der Waals surface area (Å²) in [5.74, 6) is 5.83. The lowest BCUT2D eigenvalue weighted by Crippen LogP contribution is -2.14. The molecule has 4 unspecified atom stereocenters. The molecule has 0 spiro atoms. The molecule has 4 heteroatoms. The highest BCUT2D eigenvalue weighted by atomic mass is 15.1. The largest absolute Gasteiger partial charge is 0.370 e. The minimum Gasteiger partial charge on any atom is -0.370 e. The van der Waals surface area contributed by atoms with Gasteiger partial charge in [-0.3, -0.25) is 0 Å². The number of aromatic nitrogens is 2. The first-order valence-electron chi connectivity index (χ1n) is 7.69. The normalized spacial score (nSPS) is 38.1. The van der Waals surface area contributed by atoms with Crippen LogP contribution in [0.25, 0.3) is 0 Å².